The van der Waals surface area contributed by atoms with E-state index in [0.717, 1.165) is 38.1 Å². The maximum absolute atomic E-state index is 5.60. The minimum absolute atomic E-state index is 0.641. The number of hydrogen-bond acceptors (Lipinski definition) is 3. The maximum atomic E-state index is 5.60. The number of likely N-dealkylation sites (N-methyl/N-ethyl adjacent to an activating group) is 1. The largest absolute Gasteiger partial charge is 0.379 e. The molecular weight excluding hydrogens is 224 g/mol. The lowest BCUT2D eigenvalue weighted by molar-refractivity contribution is 0.116. The van der Waals surface area contributed by atoms with Crippen molar-refractivity contribution in [3.63, 3.8) is 0 Å². The van der Waals surface area contributed by atoms with Crippen molar-refractivity contribution in [2.24, 2.45) is 11.8 Å². The Balaban J connectivity index is 3.62. The van der Waals surface area contributed by atoms with Gasteiger partial charge in [-0.05, 0) is 38.8 Å². The Morgan fingerprint density at radius 1 is 0.944 bits per heavy atom. The van der Waals surface area contributed by atoms with Crippen LogP contribution in [-0.4, -0.2) is 51.3 Å². The molecule has 0 heterocycles. The highest BCUT2D eigenvalue weighted by Crippen LogP contribution is 2.12. The molecule has 0 aromatic carbocycles. The average molecular weight is 258 g/mol. The third-order valence-electron chi connectivity index (χ3n) is 2.87. The molecule has 0 radical (unpaired) electrons. The number of hydrogen-bond donors (Lipinski definition) is 1. The molecule has 3 heteroatoms. The molecule has 18 heavy (non-hydrogen) atoms. The van der Waals surface area contributed by atoms with Crippen molar-refractivity contribution in [2.45, 2.75) is 46.6 Å². The molecule has 0 spiro atoms. The number of nitrogens with one attached hydrogen (secondary N) is 1. The van der Waals surface area contributed by atoms with Crippen molar-refractivity contribution in [1.29, 1.82) is 0 Å². The van der Waals surface area contributed by atoms with Crippen molar-refractivity contribution in [2.75, 3.05) is 40.4 Å². The molecule has 0 fully saturated rings. The summed E-state index contributed by atoms with van der Waals surface area (Å²) in [5.41, 5.74) is 0. The zero-order chi connectivity index (χ0) is 14.0. The molecule has 110 valence electrons. The van der Waals surface area contributed by atoms with E-state index < -0.39 is 0 Å². The van der Waals surface area contributed by atoms with Crippen LogP contribution in [-0.2, 0) is 4.74 Å². The molecule has 0 bridgehead atoms. The van der Waals surface area contributed by atoms with E-state index in [9.17, 15) is 0 Å². The molecule has 0 aliphatic heterocycles. The van der Waals surface area contributed by atoms with E-state index >= 15 is 0 Å². The van der Waals surface area contributed by atoms with Crippen molar-refractivity contribution < 1.29 is 4.74 Å². The van der Waals surface area contributed by atoms with Gasteiger partial charge in [-0.1, -0.05) is 27.7 Å². The summed E-state index contributed by atoms with van der Waals surface area (Å²) < 4.78 is 5.60. The quantitative estimate of drug-likeness (QED) is 0.577. The highest BCUT2D eigenvalue weighted by molar-refractivity contribution is 4.70. The van der Waals surface area contributed by atoms with Crippen LogP contribution >= 0.6 is 0 Å². The normalized spacial score (nSPS) is 12.3. The van der Waals surface area contributed by atoms with Crippen LogP contribution in [0.5, 0.6) is 0 Å². The lowest BCUT2D eigenvalue weighted by atomic mass is 9.96. The summed E-state index contributed by atoms with van der Waals surface area (Å²) in [6.45, 7) is 12.8. The smallest absolute Gasteiger partial charge is 0.0593 e. The van der Waals surface area contributed by atoms with E-state index in [1.165, 1.54) is 12.8 Å². The summed E-state index contributed by atoms with van der Waals surface area (Å²) in [7, 11) is 4.14. The third kappa shape index (κ3) is 12.3. The summed E-state index contributed by atoms with van der Waals surface area (Å²) in [5, 5.41) is 3.63. The highest BCUT2D eigenvalue weighted by Gasteiger charge is 2.11. The van der Waals surface area contributed by atoms with Crippen LogP contribution in [0.2, 0.25) is 0 Å². The van der Waals surface area contributed by atoms with E-state index in [2.05, 4.69) is 52.0 Å². The van der Waals surface area contributed by atoms with E-state index in [-0.39, 0.29) is 0 Å². The lowest BCUT2D eigenvalue weighted by Crippen LogP contribution is -2.34. The minimum Gasteiger partial charge on any atom is -0.379 e. The Morgan fingerprint density at radius 3 is 1.94 bits per heavy atom. The van der Waals surface area contributed by atoms with Crippen LogP contribution in [0.1, 0.15) is 40.5 Å². The summed E-state index contributed by atoms with van der Waals surface area (Å²) in [6, 6.07) is 0.641. The van der Waals surface area contributed by atoms with Crippen LogP contribution in [0.4, 0.5) is 0 Å². The van der Waals surface area contributed by atoms with Gasteiger partial charge in [0, 0.05) is 19.1 Å². The van der Waals surface area contributed by atoms with Crippen LogP contribution in [0.3, 0.4) is 0 Å². The second-order valence-electron chi connectivity index (χ2n) is 6.33. The Hall–Kier alpha value is -0.120. The molecule has 3 nitrogen and oxygen atoms in total. The number of ether oxygens (including phenoxy) is 1. The Morgan fingerprint density at radius 2 is 1.50 bits per heavy atom. The molecule has 0 unspecified atom stereocenters. The first kappa shape index (κ1) is 17.9. The van der Waals surface area contributed by atoms with Gasteiger partial charge in [-0.25, -0.2) is 0 Å². The average Bonchev–Trinajstić information content (AvgIpc) is 2.20. The lowest BCUT2D eigenvalue weighted by Gasteiger charge is -2.22. The fourth-order valence-electron chi connectivity index (χ4n) is 2.09. The Bertz CT molecular complexity index is 171. The van der Waals surface area contributed by atoms with Gasteiger partial charge in [0.2, 0.25) is 0 Å². The standard InChI is InChI=1S/C15H34N2O/c1-13(2)11-15(12-14(3)4)16-7-9-18-10-8-17(5)6/h13-16H,7-12H2,1-6H3. The van der Waals surface area contributed by atoms with E-state index in [0.29, 0.717) is 6.04 Å². The topological polar surface area (TPSA) is 24.5 Å². The molecule has 0 aliphatic rings. The fourth-order valence-corrected chi connectivity index (χ4v) is 2.09. The first-order chi connectivity index (χ1) is 8.41. The second kappa shape index (κ2) is 10.8. The number of nitrogens with zero attached hydrogens (tertiary/aromatic N) is 1. The highest BCUT2D eigenvalue weighted by atomic mass is 16.5. The van der Waals surface area contributed by atoms with Gasteiger partial charge < -0.3 is 15.0 Å². The summed E-state index contributed by atoms with van der Waals surface area (Å²) in [6.07, 6.45) is 2.52. The van der Waals surface area contributed by atoms with Gasteiger partial charge in [0.25, 0.3) is 0 Å². The zero-order valence-corrected chi connectivity index (χ0v) is 13.3. The molecule has 0 rings (SSSR count). The van der Waals surface area contributed by atoms with E-state index in [1.807, 2.05) is 0 Å². The van der Waals surface area contributed by atoms with Crippen LogP contribution in [0, 0.1) is 11.8 Å². The van der Waals surface area contributed by atoms with E-state index in [1.54, 1.807) is 0 Å². The van der Waals surface area contributed by atoms with Crippen molar-refractivity contribution in [3.8, 4) is 0 Å². The molecule has 0 aromatic heterocycles. The van der Waals surface area contributed by atoms with Crippen molar-refractivity contribution in [1.82, 2.24) is 10.2 Å². The molecular formula is C15H34N2O. The minimum atomic E-state index is 0.641. The predicted octanol–water partition coefficient (Wildman–Crippen LogP) is 2.62. The van der Waals surface area contributed by atoms with Gasteiger partial charge in [-0.15, -0.1) is 0 Å². The summed E-state index contributed by atoms with van der Waals surface area (Å²) >= 11 is 0. The van der Waals surface area contributed by atoms with Gasteiger partial charge in [0.1, 0.15) is 0 Å². The molecule has 0 atom stereocenters. The van der Waals surface area contributed by atoms with Gasteiger partial charge in [0.15, 0.2) is 0 Å². The maximum Gasteiger partial charge on any atom is 0.0593 e. The fraction of sp³-hybridized carbons (Fsp3) is 1.00. The molecule has 0 aliphatic carbocycles. The molecule has 0 saturated heterocycles. The summed E-state index contributed by atoms with van der Waals surface area (Å²) in [4.78, 5) is 2.15. The zero-order valence-electron chi connectivity index (χ0n) is 13.3. The SMILES string of the molecule is CC(C)CC(CC(C)C)NCCOCCN(C)C. The van der Waals surface area contributed by atoms with Crippen LogP contribution in [0.15, 0.2) is 0 Å². The summed E-state index contributed by atoms with van der Waals surface area (Å²) in [5.74, 6) is 1.52. The Labute approximate surface area is 114 Å². The third-order valence-corrected chi connectivity index (χ3v) is 2.87. The Kier molecular flexibility index (Phi) is 10.7. The van der Waals surface area contributed by atoms with Gasteiger partial charge in [-0.3, -0.25) is 0 Å². The van der Waals surface area contributed by atoms with Crippen LogP contribution < -0.4 is 5.32 Å². The van der Waals surface area contributed by atoms with Crippen LogP contribution in [0.25, 0.3) is 0 Å². The molecule has 0 aromatic rings. The van der Waals surface area contributed by atoms with E-state index in [4.69, 9.17) is 4.74 Å². The first-order valence-electron chi connectivity index (χ1n) is 7.37. The molecule has 1 N–H and O–H groups in total. The van der Waals surface area contributed by atoms with Gasteiger partial charge in [0.05, 0.1) is 13.2 Å². The predicted molar refractivity (Wildman–Crippen MR) is 80.1 cm³/mol. The number of rotatable bonds is 11. The van der Waals surface area contributed by atoms with Crippen molar-refractivity contribution in [3.05, 3.63) is 0 Å². The first-order valence-corrected chi connectivity index (χ1v) is 7.37. The van der Waals surface area contributed by atoms with Gasteiger partial charge in [-0.2, -0.15) is 0 Å². The second-order valence-corrected chi connectivity index (χ2v) is 6.33. The monoisotopic (exact) mass is 258 g/mol. The molecule has 0 amide bonds. The van der Waals surface area contributed by atoms with Crippen molar-refractivity contribution >= 4 is 0 Å². The molecule has 0 saturated carbocycles. The van der Waals surface area contributed by atoms with Gasteiger partial charge >= 0.3 is 0 Å².